The minimum atomic E-state index is -1.12. The molecule has 2 atom stereocenters. The van der Waals surface area contributed by atoms with Crippen LogP contribution >= 0.6 is 12.2 Å². The molecule has 0 radical (unpaired) electrons. The van der Waals surface area contributed by atoms with E-state index in [0.29, 0.717) is 11.3 Å². The van der Waals surface area contributed by atoms with Crippen LogP contribution in [0.15, 0.2) is 53.5 Å². The Bertz CT molecular complexity index is 1200. The average molecular weight is 500 g/mol. The molecule has 2 aromatic carbocycles. The standard InChI is InChI=1S/C23H21N3O8S/c1-13-19(22(30)33-10-9-14-3-2-4-17(11-14)26(31)32)18(25-23(35)24-13)12-34-21(29)16-7-5-15(6-8-16)20(27)28/h2-8,11,18-19H,9-10,12H2,1H3,(H,25,35)(H,27,28). The van der Waals surface area contributed by atoms with Crippen molar-refractivity contribution in [3.63, 3.8) is 0 Å². The van der Waals surface area contributed by atoms with E-state index in [-0.39, 0.29) is 41.6 Å². The van der Waals surface area contributed by atoms with E-state index < -0.39 is 34.8 Å². The van der Waals surface area contributed by atoms with Gasteiger partial charge in [0.25, 0.3) is 5.69 Å². The lowest BCUT2D eigenvalue weighted by atomic mass is 9.94. The third-order valence-corrected chi connectivity index (χ3v) is 5.42. The van der Waals surface area contributed by atoms with Crippen molar-refractivity contribution in [1.82, 2.24) is 5.32 Å². The summed E-state index contributed by atoms with van der Waals surface area (Å²) in [5, 5.41) is 22.9. The molecular weight excluding hydrogens is 478 g/mol. The molecule has 0 amide bonds. The Morgan fingerprint density at radius 2 is 1.83 bits per heavy atom. The summed E-state index contributed by atoms with van der Waals surface area (Å²) in [5.74, 6) is -3.31. The number of carboxylic acid groups (broad SMARTS) is 1. The Morgan fingerprint density at radius 3 is 2.49 bits per heavy atom. The number of rotatable bonds is 9. The predicted octanol–water partition coefficient (Wildman–Crippen LogP) is 2.57. The number of benzene rings is 2. The molecule has 1 aliphatic rings. The van der Waals surface area contributed by atoms with Crippen LogP contribution in [-0.4, -0.2) is 58.0 Å². The van der Waals surface area contributed by atoms with Crippen molar-refractivity contribution < 1.29 is 33.9 Å². The van der Waals surface area contributed by atoms with E-state index in [9.17, 15) is 24.5 Å². The highest BCUT2D eigenvalue weighted by Crippen LogP contribution is 2.18. The van der Waals surface area contributed by atoms with E-state index in [1.165, 1.54) is 36.4 Å². The molecule has 2 aromatic rings. The first-order valence-corrected chi connectivity index (χ1v) is 10.8. The number of non-ortho nitro benzene ring substituents is 1. The molecule has 0 spiro atoms. The monoisotopic (exact) mass is 499 g/mol. The van der Waals surface area contributed by atoms with E-state index in [2.05, 4.69) is 10.3 Å². The SMILES string of the molecule is CC1=NC(=S)NC(COC(=O)c2ccc(C(=O)O)cc2)C1C(=O)OCCc1cccc([N+](=O)[O-])c1. The molecule has 1 heterocycles. The van der Waals surface area contributed by atoms with Gasteiger partial charge in [-0.25, -0.2) is 14.6 Å². The lowest BCUT2D eigenvalue weighted by Gasteiger charge is -2.30. The normalized spacial score (nSPS) is 17.1. The fourth-order valence-electron chi connectivity index (χ4n) is 3.45. The summed E-state index contributed by atoms with van der Waals surface area (Å²) in [6.45, 7) is 1.37. The maximum Gasteiger partial charge on any atom is 0.338 e. The second-order valence-electron chi connectivity index (χ2n) is 7.61. The van der Waals surface area contributed by atoms with Crippen molar-refractivity contribution in [2.45, 2.75) is 19.4 Å². The molecule has 0 aliphatic carbocycles. The zero-order chi connectivity index (χ0) is 25.5. The summed E-state index contributed by atoms with van der Waals surface area (Å²) in [6.07, 6.45) is 0.272. The molecule has 1 aliphatic heterocycles. The number of nitrogens with one attached hydrogen (secondary N) is 1. The largest absolute Gasteiger partial charge is 0.478 e. The summed E-state index contributed by atoms with van der Waals surface area (Å²) < 4.78 is 10.7. The molecule has 35 heavy (non-hydrogen) atoms. The third-order valence-electron chi connectivity index (χ3n) is 5.21. The first-order chi connectivity index (χ1) is 16.7. The van der Waals surface area contributed by atoms with Crippen molar-refractivity contribution in [1.29, 1.82) is 0 Å². The number of ether oxygens (including phenoxy) is 2. The minimum absolute atomic E-state index is 0.0172. The molecule has 3 rings (SSSR count). The van der Waals surface area contributed by atoms with Gasteiger partial charge in [-0.1, -0.05) is 12.1 Å². The van der Waals surface area contributed by atoms with Crippen molar-refractivity contribution in [2.75, 3.05) is 13.2 Å². The number of hydrogen-bond acceptors (Lipinski definition) is 8. The van der Waals surface area contributed by atoms with Crippen molar-refractivity contribution in [2.24, 2.45) is 10.9 Å². The zero-order valence-corrected chi connectivity index (χ0v) is 19.3. The number of aromatic carboxylic acids is 1. The van der Waals surface area contributed by atoms with Gasteiger partial charge in [-0.2, -0.15) is 0 Å². The number of nitro groups is 1. The molecule has 2 N–H and O–H groups in total. The van der Waals surface area contributed by atoms with Gasteiger partial charge in [0.05, 0.1) is 28.7 Å². The average Bonchev–Trinajstić information content (AvgIpc) is 2.82. The molecule has 11 nitrogen and oxygen atoms in total. The van der Waals surface area contributed by atoms with Gasteiger partial charge in [0, 0.05) is 24.3 Å². The van der Waals surface area contributed by atoms with Gasteiger partial charge in [-0.15, -0.1) is 0 Å². The number of thiocarbonyl (C=S) groups is 1. The lowest BCUT2D eigenvalue weighted by Crippen LogP contribution is -2.52. The zero-order valence-electron chi connectivity index (χ0n) is 18.5. The van der Waals surface area contributed by atoms with Gasteiger partial charge in [0.15, 0.2) is 5.11 Å². The molecule has 0 fully saturated rings. The number of hydrogen-bond donors (Lipinski definition) is 2. The van der Waals surface area contributed by atoms with E-state index in [1.54, 1.807) is 19.1 Å². The quantitative estimate of drug-likeness (QED) is 0.227. The highest BCUT2D eigenvalue weighted by atomic mass is 32.1. The first kappa shape index (κ1) is 25.4. The number of carboxylic acids is 1. The fraction of sp³-hybridized carbons (Fsp3) is 0.261. The van der Waals surface area contributed by atoms with Crippen LogP contribution in [-0.2, 0) is 20.7 Å². The van der Waals surface area contributed by atoms with Crippen molar-refractivity contribution >= 4 is 46.6 Å². The van der Waals surface area contributed by atoms with Crippen LogP contribution < -0.4 is 5.32 Å². The van der Waals surface area contributed by atoms with Crippen LogP contribution in [0.1, 0.15) is 33.2 Å². The Balaban J connectivity index is 1.61. The van der Waals surface area contributed by atoms with Gasteiger partial charge < -0.3 is 19.9 Å². The van der Waals surface area contributed by atoms with Crippen LogP contribution in [0.25, 0.3) is 0 Å². The molecule has 0 saturated heterocycles. The minimum Gasteiger partial charge on any atom is -0.478 e. The first-order valence-electron chi connectivity index (χ1n) is 10.4. The van der Waals surface area contributed by atoms with Crippen LogP contribution in [0.4, 0.5) is 5.69 Å². The molecule has 0 bridgehead atoms. The van der Waals surface area contributed by atoms with E-state index >= 15 is 0 Å². The Labute approximate surface area is 204 Å². The Morgan fingerprint density at radius 1 is 1.14 bits per heavy atom. The topological polar surface area (TPSA) is 157 Å². The highest BCUT2D eigenvalue weighted by Gasteiger charge is 2.37. The number of nitro benzene ring substituents is 1. The van der Waals surface area contributed by atoms with Crippen LogP contribution in [0.2, 0.25) is 0 Å². The number of carbonyl (C=O) groups is 3. The van der Waals surface area contributed by atoms with Crippen LogP contribution in [0.3, 0.4) is 0 Å². The summed E-state index contributed by atoms with van der Waals surface area (Å²) in [5.41, 5.74) is 1.15. The maximum absolute atomic E-state index is 12.8. The summed E-state index contributed by atoms with van der Waals surface area (Å²) in [4.78, 5) is 50.7. The van der Waals surface area contributed by atoms with Gasteiger partial charge in [0.2, 0.25) is 0 Å². The number of esters is 2. The lowest BCUT2D eigenvalue weighted by molar-refractivity contribution is -0.384. The maximum atomic E-state index is 12.8. The highest BCUT2D eigenvalue weighted by molar-refractivity contribution is 7.80. The second kappa shape index (κ2) is 11.3. The second-order valence-corrected chi connectivity index (χ2v) is 8.00. The Kier molecular flexibility index (Phi) is 8.21. The summed E-state index contributed by atoms with van der Waals surface area (Å²) in [6, 6.07) is 10.5. The fourth-order valence-corrected chi connectivity index (χ4v) is 3.75. The van der Waals surface area contributed by atoms with E-state index in [4.69, 9.17) is 26.8 Å². The molecule has 12 heteroatoms. The molecule has 0 aromatic heterocycles. The third kappa shape index (κ3) is 6.67. The van der Waals surface area contributed by atoms with E-state index in [1.807, 2.05) is 0 Å². The van der Waals surface area contributed by atoms with E-state index in [0.717, 1.165) is 0 Å². The number of carbonyl (C=O) groups excluding carboxylic acids is 2. The number of aliphatic imine (C=N–C) groups is 1. The number of nitrogens with zero attached hydrogens (tertiary/aromatic N) is 2. The van der Waals surface area contributed by atoms with Gasteiger partial charge in [-0.3, -0.25) is 14.9 Å². The van der Waals surface area contributed by atoms with Crippen molar-refractivity contribution in [3.05, 3.63) is 75.3 Å². The van der Waals surface area contributed by atoms with Crippen LogP contribution in [0, 0.1) is 16.0 Å². The molecule has 2 unspecified atom stereocenters. The molecular formula is C23H21N3O8S. The van der Waals surface area contributed by atoms with Gasteiger partial charge in [0.1, 0.15) is 12.5 Å². The predicted molar refractivity (Wildman–Crippen MR) is 128 cm³/mol. The Hall–Kier alpha value is -4.19. The molecule has 0 saturated carbocycles. The molecule has 182 valence electrons. The van der Waals surface area contributed by atoms with Gasteiger partial charge >= 0.3 is 17.9 Å². The van der Waals surface area contributed by atoms with Crippen molar-refractivity contribution in [3.8, 4) is 0 Å². The summed E-state index contributed by atoms with van der Waals surface area (Å²) in [7, 11) is 0. The summed E-state index contributed by atoms with van der Waals surface area (Å²) >= 11 is 5.09. The van der Waals surface area contributed by atoms with Gasteiger partial charge in [-0.05, 0) is 49.0 Å². The smallest absolute Gasteiger partial charge is 0.338 e. The van der Waals surface area contributed by atoms with Crippen LogP contribution in [0.5, 0.6) is 0 Å².